The fourth-order valence-corrected chi connectivity index (χ4v) is 0.287. The van der Waals surface area contributed by atoms with Crippen molar-refractivity contribution in [1.29, 1.82) is 0 Å². The number of ether oxygens (including phenoxy) is 2. The maximum absolute atomic E-state index is 4.90. The van der Waals surface area contributed by atoms with Gasteiger partial charge in [0.25, 0.3) is 0 Å². The van der Waals surface area contributed by atoms with E-state index in [2.05, 4.69) is 5.32 Å². The molecule has 3 heteroatoms. The summed E-state index contributed by atoms with van der Waals surface area (Å²) in [7, 11) is 4.94. The van der Waals surface area contributed by atoms with Crippen molar-refractivity contribution in [2.75, 3.05) is 21.3 Å². The maximum atomic E-state index is 4.90. The van der Waals surface area contributed by atoms with E-state index in [1.807, 2.05) is 0 Å². The molecule has 0 fully saturated rings. The summed E-state index contributed by atoms with van der Waals surface area (Å²) in [6, 6.07) is 0. The molecular formula is C5H13NO2. The highest BCUT2D eigenvalue weighted by atomic mass is 16.7. The summed E-state index contributed by atoms with van der Waals surface area (Å²) in [4.78, 5) is 0. The van der Waals surface area contributed by atoms with Crippen LogP contribution in [0, 0.1) is 0 Å². The van der Waals surface area contributed by atoms with Crippen molar-refractivity contribution in [3.63, 3.8) is 0 Å². The van der Waals surface area contributed by atoms with Crippen LogP contribution in [0.15, 0.2) is 0 Å². The zero-order chi connectivity index (χ0) is 6.62. The molecule has 0 atom stereocenters. The molecule has 8 heavy (non-hydrogen) atoms. The number of hydrogen-bond acceptors (Lipinski definition) is 3. The first kappa shape index (κ1) is 7.88. The molecule has 0 amide bonds. The van der Waals surface area contributed by atoms with Gasteiger partial charge in [0.2, 0.25) is 5.91 Å². The first-order valence-corrected chi connectivity index (χ1v) is 2.47. The van der Waals surface area contributed by atoms with Crippen LogP contribution in [-0.2, 0) is 9.47 Å². The van der Waals surface area contributed by atoms with E-state index in [1.54, 1.807) is 28.2 Å². The fourth-order valence-electron chi connectivity index (χ4n) is 0.287. The van der Waals surface area contributed by atoms with Gasteiger partial charge in [-0.3, -0.25) is 5.32 Å². The Kier molecular flexibility index (Phi) is 2.97. The molecular weight excluding hydrogens is 106 g/mol. The second kappa shape index (κ2) is 3.02. The molecule has 0 unspecified atom stereocenters. The minimum Gasteiger partial charge on any atom is -0.341 e. The topological polar surface area (TPSA) is 30.5 Å². The number of hydrogen-bond donors (Lipinski definition) is 1. The third-order valence-corrected chi connectivity index (χ3v) is 1.23. The molecule has 1 N–H and O–H groups in total. The standard InChI is InChI=1S/C5H13NO2/c1-5(6-2,7-3)8-4/h6H,1-4H3. The summed E-state index contributed by atoms with van der Waals surface area (Å²) >= 11 is 0. The molecule has 0 aliphatic rings. The van der Waals surface area contributed by atoms with Gasteiger partial charge in [0.15, 0.2) is 0 Å². The second-order valence-electron chi connectivity index (χ2n) is 1.60. The van der Waals surface area contributed by atoms with Gasteiger partial charge >= 0.3 is 0 Å². The number of methoxy groups -OCH3 is 2. The van der Waals surface area contributed by atoms with Gasteiger partial charge in [0, 0.05) is 21.1 Å². The Labute approximate surface area is 50.0 Å². The van der Waals surface area contributed by atoms with Gasteiger partial charge in [-0.2, -0.15) is 0 Å². The van der Waals surface area contributed by atoms with Gasteiger partial charge in [-0.25, -0.2) is 0 Å². The summed E-state index contributed by atoms with van der Waals surface area (Å²) in [5, 5.41) is 2.83. The monoisotopic (exact) mass is 119 g/mol. The third-order valence-electron chi connectivity index (χ3n) is 1.23. The van der Waals surface area contributed by atoms with Crippen LogP contribution in [0.5, 0.6) is 0 Å². The van der Waals surface area contributed by atoms with E-state index in [4.69, 9.17) is 9.47 Å². The summed E-state index contributed by atoms with van der Waals surface area (Å²) in [5.41, 5.74) is 0. The average Bonchev–Trinajstić information content (AvgIpc) is 1.87. The second-order valence-corrected chi connectivity index (χ2v) is 1.60. The third kappa shape index (κ3) is 1.78. The lowest BCUT2D eigenvalue weighted by atomic mass is 10.5. The highest BCUT2D eigenvalue weighted by Gasteiger charge is 2.17. The molecule has 0 aromatic carbocycles. The molecule has 0 radical (unpaired) electrons. The van der Waals surface area contributed by atoms with Crippen LogP contribution in [0.25, 0.3) is 0 Å². The van der Waals surface area contributed by atoms with Crippen LogP contribution in [0.3, 0.4) is 0 Å². The van der Waals surface area contributed by atoms with Gasteiger partial charge in [0.05, 0.1) is 0 Å². The van der Waals surface area contributed by atoms with Crippen LogP contribution < -0.4 is 5.32 Å². The molecule has 3 nitrogen and oxygen atoms in total. The van der Waals surface area contributed by atoms with Gasteiger partial charge < -0.3 is 9.47 Å². The van der Waals surface area contributed by atoms with Crippen molar-refractivity contribution in [2.45, 2.75) is 12.8 Å². The highest BCUT2D eigenvalue weighted by molar-refractivity contribution is 4.51. The Balaban J connectivity index is 3.58. The summed E-state index contributed by atoms with van der Waals surface area (Å²) in [5.74, 6) is -0.625. The van der Waals surface area contributed by atoms with Crippen molar-refractivity contribution >= 4 is 0 Å². The molecule has 50 valence electrons. The average molecular weight is 119 g/mol. The van der Waals surface area contributed by atoms with Crippen molar-refractivity contribution in [1.82, 2.24) is 5.32 Å². The van der Waals surface area contributed by atoms with Crippen molar-refractivity contribution in [2.24, 2.45) is 0 Å². The molecule has 0 spiro atoms. The van der Waals surface area contributed by atoms with Gasteiger partial charge in [-0.15, -0.1) is 0 Å². The van der Waals surface area contributed by atoms with Crippen molar-refractivity contribution in [3.8, 4) is 0 Å². The van der Waals surface area contributed by atoms with E-state index in [0.717, 1.165) is 0 Å². The predicted octanol–water partition coefficient (Wildman–Crippen LogP) is 0.172. The fraction of sp³-hybridized carbons (Fsp3) is 1.00. The largest absolute Gasteiger partial charge is 0.341 e. The van der Waals surface area contributed by atoms with Crippen molar-refractivity contribution < 1.29 is 9.47 Å². The molecule has 0 heterocycles. The van der Waals surface area contributed by atoms with Crippen LogP contribution in [-0.4, -0.2) is 27.2 Å². The Hall–Kier alpha value is -0.120. The molecule has 0 rings (SSSR count). The lowest BCUT2D eigenvalue weighted by molar-refractivity contribution is -0.210. The molecule has 0 saturated heterocycles. The van der Waals surface area contributed by atoms with Gasteiger partial charge in [0.1, 0.15) is 0 Å². The Bertz CT molecular complexity index is 53.2. The number of nitrogens with one attached hydrogen (secondary N) is 1. The molecule has 0 saturated carbocycles. The quantitative estimate of drug-likeness (QED) is 0.537. The molecule has 0 aromatic heterocycles. The molecule has 0 aromatic rings. The Morgan fingerprint density at radius 3 is 1.62 bits per heavy atom. The van der Waals surface area contributed by atoms with Crippen molar-refractivity contribution in [3.05, 3.63) is 0 Å². The minimum absolute atomic E-state index is 0.625. The molecule has 0 aliphatic carbocycles. The zero-order valence-electron chi connectivity index (χ0n) is 5.82. The number of rotatable bonds is 3. The highest BCUT2D eigenvalue weighted by Crippen LogP contribution is 2.01. The summed E-state index contributed by atoms with van der Waals surface area (Å²) in [6.45, 7) is 1.80. The van der Waals surface area contributed by atoms with Crippen LogP contribution >= 0.6 is 0 Å². The first-order valence-electron chi connectivity index (χ1n) is 2.47. The maximum Gasteiger partial charge on any atom is 0.223 e. The Morgan fingerprint density at radius 1 is 1.25 bits per heavy atom. The first-order chi connectivity index (χ1) is 3.68. The smallest absolute Gasteiger partial charge is 0.223 e. The summed E-state index contributed by atoms with van der Waals surface area (Å²) < 4.78 is 9.81. The summed E-state index contributed by atoms with van der Waals surface area (Å²) in [6.07, 6.45) is 0. The SMILES string of the molecule is CNC(C)(OC)OC. The molecule has 0 bridgehead atoms. The van der Waals surface area contributed by atoms with E-state index < -0.39 is 5.91 Å². The van der Waals surface area contributed by atoms with E-state index in [1.165, 1.54) is 0 Å². The van der Waals surface area contributed by atoms with E-state index in [9.17, 15) is 0 Å². The lowest BCUT2D eigenvalue weighted by Gasteiger charge is -2.24. The van der Waals surface area contributed by atoms with E-state index in [0.29, 0.717) is 0 Å². The zero-order valence-corrected chi connectivity index (χ0v) is 5.82. The van der Waals surface area contributed by atoms with Gasteiger partial charge in [-0.05, 0) is 7.05 Å². The lowest BCUT2D eigenvalue weighted by Crippen LogP contribution is -2.43. The van der Waals surface area contributed by atoms with E-state index in [-0.39, 0.29) is 0 Å². The van der Waals surface area contributed by atoms with E-state index >= 15 is 0 Å². The van der Waals surface area contributed by atoms with Crippen LogP contribution in [0.4, 0.5) is 0 Å². The Morgan fingerprint density at radius 2 is 1.62 bits per heavy atom. The normalized spacial score (nSPS) is 12.0. The van der Waals surface area contributed by atoms with Gasteiger partial charge in [-0.1, -0.05) is 0 Å². The molecule has 0 aliphatic heterocycles. The predicted molar refractivity (Wildman–Crippen MR) is 31.5 cm³/mol. The van der Waals surface area contributed by atoms with Crippen LogP contribution in [0.1, 0.15) is 6.92 Å². The van der Waals surface area contributed by atoms with Crippen LogP contribution in [0.2, 0.25) is 0 Å². The minimum atomic E-state index is -0.625.